The van der Waals surface area contributed by atoms with E-state index in [9.17, 15) is 9.79 Å². The predicted molar refractivity (Wildman–Crippen MR) is 102 cm³/mol. The van der Waals surface area contributed by atoms with Crippen molar-refractivity contribution < 1.29 is 30.9 Å². The number of hydrogen-bond acceptors (Lipinski definition) is 1. The molecular formula is C16H36MoO2PS2-. The van der Waals surface area contributed by atoms with E-state index in [1.165, 1.54) is 38.5 Å². The molecule has 0 aromatic heterocycles. The number of unbranched alkanes of at least 4 members (excludes halogenated alkanes) is 2. The van der Waals surface area contributed by atoms with Crippen LogP contribution in [0.1, 0.15) is 79.1 Å². The van der Waals surface area contributed by atoms with Gasteiger partial charge in [-0.3, -0.25) is 0 Å². The van der Waals surface area contributed by atoms with E-state index in [4.69, 9.17) is 12.2 Å². The van der Waals surface area contributed by atoms with Crippen LogP contribution < -0.4 is 0 Å². The van der Waals surface area contributed by atoms with E-state index in [1.54, 1.807) is 0 Å². The summed E-state index contributed by atoms with van der Waals surface area (Å²) in [5.74, 6) is 3.09. The molecule has 2 nitrogen and oxygen atoms in total. The molecule has 6 heteroatoms. The standard InChI is InChI=1S/C16H36O2PS2.Mo/c1-5-9-11-15(7-3)13-21(19(17,18)20)14-16(8-4)12-10-6-2;/h15-16H,5-14H2,1-4H3,(H2-,17,18,20);/q-1;. The first-order chi connectivity index (χ1) is 9.88. The van der Waals surface area contributed by atoms with Crippen molar-refractivity contribution in [3.63, 3.8) is 0 Å². The number of hydrogen-bond donors (Lipinski definition) is 2. The van der Waals surface area contributed by atoms with Crippen LogP contribution in [0, 0.1) is 11.8 Å². The summed E-state index contributed by atoms with van der Waals surface area (Å²) in [6.45, 7) is 8.86. The molecule has 22 heavy (non-hydrogen) atoms. The summed E-state index contributed by atoms with van der Waals surface area (Å²) in [6, 6.07) is 0. The fourth-order valence-corrected chi connectivity index (χ4v) is 8.55. The summed E-state index contributed by atoms with van der Waals surface area (Å²) in [4.78, 5) is 20.2. The maximum absolute atomic E-state index is 10.1. The molecule has 0 radical (unpaired) electrons. The van der Waals surface area contributed by atoms with Crippen molar-refractivity contribution >= 4 is 28.0 Å². The second-order valence-corrected chi connectivity index (χ2v) is 14.0. The molecular weight excluding hydrogens is 415 g/mol. The van der Waals surface area contributed by atoms with Crippen LogP contribution in [0.4, 0.5) is 0 Å². The molecule has 0 aromatic carbocycles. The van der Waals surface area contributed by atoms with Crippen LogP contribution >= 0.6 is 5.69 Å². The van der Waals surface area contributed by atoms with Crippen LogP contribution in [0.2, 0.25) is 0 Å². The summed E-state index contributed by atoms with van der Waals surface area (Å²) in [5, 5.41) is 0. The van der Waals surface area contributed by atoms with Gasteiger partial charge in [0, 0.05) is 26.8 Å². The molecule has 0 saturated carbocycles. The van der Waals surface area contributed by atoms with Gasteiger partial charge in [0.2, 0.25) is 0 Å². The largest absolute Gasteiger partial charge is 0.697 e. The fraction of sp³-hybridized carbons (Fsp3) is 1.00. The zero-order chi connectivity index (χ0) is 16.3. The van der Waals surface area contributed by atoms with Crippen molar-refractivity contribution in [2.75, 3.05) is 11.5 Å². The van der Waals surface area contributed by atoms with Crippen LogP contribution in [0.3, 0.4) is 0 Å². The maximum atomic E-state index is 10.1. The third-order valence-electron chi connectivity index (χ3n) is 4.28. The zero-order valence-corrected chi connectivity index (χ0v) is 19.3. The molecule has 0 saturated heterocycles. The van der Waals surface area contributed by atoms with Crippen LogP contribution in [0.25, 0.3) is 0 Å². The predicted octanol–water partition coefficient (Wildman–Crippen LogP) is 5.24. The minimum Gasteiger partial charge on any atom is -0.697 e. The molecule has 0 rings (SSSR count). The van der Waals surface area contributed by atoms with E-state index in [-0.39, 0.29) is 31.1 Å². The minimum atomic E-state index is -3.11. The van der Waals surface area contributed by atoms with E-state index in [0.717, 1.165) is 24.3 Å². The topological polar surface area (TPSA) is 40.5 Å². The molecule has 0 aliphatic carbocycles. The Balaban J connectivity index is 0. The van der Waals surface area contributed by atoms with Gasteiger partial charge >= 0.3 is 0 Å². The molecule has 2 N–H and O–H groups in total. The van der Waals surface area contributed by atoms with Crippen molar-refractivity contribution in [3.8, 4) is 0 Å². The third kappa shape index (κ3) is 12.2. The van der Waals surface area contributed by atoms with Gasteiger partial charge in [-0.15, -0.1) is 0 Å². The van der Waals surface area contributed by atoms with Crippen molar-refractivity contribution in [2.24, 2.45) is 11.8 Å². The van der Waals surface area contributed by atoms with Crippen LogP contribution in [0.5, 0.6) is 0 Å². The Bertz CT molecular complexity index is 293. The second kappa shape index (κ2) is 15.0. The summed E-state index contributed by atoms with van der Waals surface area (Å²) in [5.41, 5.74) is -3.11. The van der Waals surface area contributed by atoms with Gasteiger partial charge in [-0.2, -0.15) is 10.1 Å². The van der Waals surface area contributed by atoms with Gasteiger partial charge in [0.1, 0.15) is 0 Å². The van der Waals surface area contributed by atoms with E-state index in [0.29, 0.717) is 11.8 Å². The van der Waals surface area contributed by atoms with Crippen LogP contribution in [-0.4, -0.2) is 21.3 Å². The van der Waals surface area contributed by atoms with Crippen molar-refractivity contribution in [2.45, 2.75) is 79.1 Å². The molecule has 0 aliphatic heterocycles. The molecule has 2 unspecified atom stereocenters. The first-order valence-electron chi connectivity index (χ1n) is 8.62. The molecule has 0 amide bonds. The molecule has 0 aliphatic rings. The van der Waals surface area contributed by atoms with Gasteiger partial charge in [0.15, 0.2) is 0 Å². The zero-order valence-electron chi connectivity index (χ0n) is 14.8. The first-order valence-corrected chi connectivity index (χ1v) is 13.5. The van der Waals surface area contributed by atoms with Crippen molar-refractivity contribution in [3.05, 3.63) is 0 Å². The molecule has 0 spiro atoms. The van der Waals surface area contributed by atoms with Gasteiger partial charge in [0.25, 0.3) is 0 Å². The van der Waals surface area contributed by atoms with Crippen molar-refractivity contribution in [1.82, 2.24) is 0 Å². The van der Waals surface area contributed by atoms with Gasteiger partial charge in [-0.25, -0.2) is 0 Å². The van der Waals surface area contributed by atoms with Gasteiger partial charge in [0.05, 0.1) is 0 Å². The Kier molecular flexibility index (Phi) is 17.7. The first kappa shape index (κ1) is 26.0. The van der Waals surface area contributed by atoms with Gasteiger partial charge in [-0.05, 0) is 36.2 Å². The molecule has 0 fully saturated rings. The Morgan fingerprint density at radius 1 is 0.864 bits per heavy atom. The average Bonchev–Trinajstić information content (AvgIpc) is 2.44. The van der Waals surface area contributed by atoms with Crippen LogP contribution in [-0.2, 0) is 43.4 Å². The quantitative estimate of drug-likeness (QED) is 0.242. The summed E-state index contributed by atoms with van der Waals surface area (Å²) in [7, 11) is -0.372. The molecule has 136 valence electrons. The van der Waals surface area contributed by atoms with Gasteiger partial charge < -0.3 is 22.0 Å². The van der Waals surface area contributed by atoms with E-state index >= 15 is 0 Å². The van der Waals surface area contributed by atoms with Crippen molar-refractivity contribution in [1.29, 1.82) is 0 Å². The number of rotatable bonds is 12. The summed E-state index contributed by atoms with van der Waals surface area (Å²) < 4.78 is 0. The van der Waals surface area contributed by atoms with E-state index in [2.05, 4.69) is 27.7 Å². The van der Waals surface area contributed by atoms with E-state index < -0.39 is 5.69 Å². The smallest absolute Gasteiger partial charge is 0.0110 e. The Hall–Kier alpha value is 1.74. The summed E-state index contributed by atoms with van der Waals surface area (Å²) in [6.07, 6.45) is 9.57. The summed E-state index contributed by atoms with van der Waals surface area (Å²) >= 11 is 5.10. The average molecular weight is 452 g/mol. The molecule has 2 atom stereocenters. The molecule has 0 heterocycles. The van der Waals surface area contributed by atoms with Crippen LogP contribution in [0.15, 0.2) is 0 Å². The molecule has 0 bridgehead atoms. The second-order valence-electron chi connectivity index (χ2n) is 6.12. The van der Waals surface area contributed by atoms with Gasteiger partial charge in [-0.1, -0.05) is 66.2 Å². The Morgan fingerprint density at radius 2 is 1.23 bits per heavy atom. The minimum absolute atomic E-state index is 0. The van der Waals surface area contributed by atoms with E-state index in [1.807, 2.05) is 0 Å². The Morgan fingerprint density at radius 3 is 1.45 bits per heavy atom. The SMILES string of the molecule is CCCCC(CC)CS(CC(CC)CCCC)=P(O)(O)[S-].[Mo]. The molecule has 0 aromatic rings. The maximum Gasteiger partial charge on any atom is 0.0110 e. The monoisotopic (exact) mass is 453 g/mol. The third-order valence-corrected chi connectivity index (χ3v) is 11.5. The fourth-order valence-electron chi connectivity index (χ4n) is 2.60. The normalized spacial score (nSPS) is 16.0. The Labute approximate surface area is 160 Å².